The van der Waals surface area contributed by atoms with Crippen LogP contribution in [-0.2, 0) is 0 Å². The lowest BCUT2D eigenvalue weighted by molar-refractivity contribution is 0.312. The Morgan fingerprint density at radius 1 is 0.957 bits per heavy atom. The lowest BCUT2D eigenvalue weighted by Gasteiger charge is -2.33. The topological polar surface area (TPSA) is 19.4 Å². The van der Waals surface area contributed by atoms with Crippen LogP contribution in [0.1, 0.15) is 25.8 Å². The van der Waals surface area contributed by atoms with E-state index in [0.29, 0.717) is 0 Å². The van der Waals surface area contributed by atoms with Gasteiger partial charge in [-0.25, -0.2) is 4.98 Å². The van der Waals surface area contributed by atoms with Crippen LogP contribution in [0.2, 0.25) is 0 Å². The van der Waals surface area contributed by atoms with Crippen molar-refractivity contribution in [2.45, 2.75) is 27.2 Å². The Morgan fingerprint density at radius 2 is 1.61 bits per heavy atom. The predicted molar refractivity (Wildman–Crippen MR) is 100 cm³/mol. The summed E-state index contributed by atoms with van der Waals surface area (Å²) in [5.41, 5.74) is 3.81. The monoisotopic (exact) mass is 311 g/mol. The molecule has 2 heterocycles. The maximum atomic E-state index is 4.54. The number of rotatable bonds is 2. The van der Waals surface area contributed by atoms with E-state index < -0.39 is 0 Å². The standard InChI is InChI=1S/C17H21N3.C3H8/c1-14-4-3-5-15(12-14)16-6-7-18-17(13-16)20-10-8-19(2)9-11-20;1-3-2/h3-7,12-13H,8-11H2,1-2H3;3H2,1-2H3. The van der Waals surface area contributed by atoms with E-state index in [-0.39, 0.29) is 0 Å². The molecule has 0 aliphatic carbocycles. The van der Waals surface area contributed by atoms with Gasteiger partial charge in [-0.15, -0.1) is 0 Å². The smallest absolute Gasteiger partial charge is 0.129 e. The zero-order valence-corrected chi connectivity index (χ0v) is 14.9. The molecule has 0 saturated carbocycles. The second kappa shape index (κ2) is 8.68. The number of hydrogen-bond donors (Lipinski definition) is 0. The first-order chi connectivity index (χ1) is 11.1. The van der Waals surface area contributed by atoms with E-state index in [2.05, 4.69) is 79.0 Å². The van der Waals surface area contributed by atoms with Crippen LogP contribution < -0.4 is 4.90 Å². The third-order valence-electron chi connectivity index (χ3n) is 3.92. The molecule has 3 rings (SSSR count). The first kappa shape index (κ1) is 17.5. The SMILES string of the molecule is CCC.Cc1cccc(-c2ccnc(N3CCN(C)CC3)c2)c1. The summed E-state index contributed by atoms with van der Waals surface area (Å²) < 4.78 is 0. The summed E-state index contributed by atoms with van der Waals surface area (Å²) in [4.78, 5) is 9.28. The lowest BCUT2D eigenvalue weighted by Crippen LogP contribution is -2.44. The van der Waals surface area contributed by atoms with Gasteiger partial charge in [-0.3, -0.25) is 0 Å². The fraction of sp³-hybridized carbons (Fsp3) is 0.450. The molecule has 2 aromatic rings. The quantitative estimate of drug-likeness (QED) is 0.827. The number of hydrogen-bond acceptors (Lipinski definition) is 3. The van der Waals surface area contributed by atoms with Crippen molar-refractivity contribution in [3.63, 3.8) is 0 Å². The second-order valence-corrected chi connectivity index (χ2v) is 6.27. The Labute approximate surface area is 141 Å². The van der Waals surface area contributed by atoms with E-state index in [9.17, 15) is 0 Å². The average molecular weight is 311 g/mol. The van der Waals surface area contributed by atoms with Crippen molar-refractivity contribution in [1.29, 1.82) is 0 Å². The highest BCUT2D eigenvalue weighted by Crippen LogP contribution is 2.24. The summed E-state index contributed by atoms with van der Waals surface area (Å²) in [5.74, 6) is 1.09. The molecule has 0 unspecified atom stereocenters. The molecule has 1 saturated heterocycles. The molecule has 0 N–H and O–H groups in total. The number of likely N-dealkylation sites (N-methyl/N-ethyl adjacent to an activating group) is 1. The minimum atomic E-state index is 1.06. The van der Waals surface area contributed by atoms with Crippen LogP contribution in [0.25, 0.3) is 11.1 Å². The first-order valence-corrected chi connectivity index (χ1v) is 8.60. The Kier molecular flexibility index (Phi) is 6.60. The molecule has 1 fully saturated rings. The van der Waals surface area contributed by atoms with Crippen LogP contribution in [-0.4, -0.2) is 43.1 Å². The third-order valence-corrected chi connectivity index (χ3v) is 3.92. The highest BCUT2D eigenvalue weighted by atomic mass is 15.3. The summed E-state index contributed by atoms with van der Waals surface area (Å²) in [5, 5.41) is 0. The first-order valence-electron chi connectivity index (χ1n) is 8.60. The van der Waals surface area contributed by atoms with Crippen LogP contribution >= 0.6 is 0 Å². The molecule has 1 aliphatic rings. The maximum absolute atomic E-state index is 4.54. The maximum Gasteiger partial charge on any atom is 0.129 e. The van der Waals surface area contributed by atoms with Gasteiger partial charge in [0.05, 0.1) is 0 Å². The number of aromatic nitrogens is 1. The van der Waals surface area contributed by atoms with E-state index in [4.69, 9.17) is 0 Å². The summed E-state index contributed by atoms with van der Waals surface area (Å²) in [7, 11) is 2.17. The summed E-state index contributed by atoms with van der Waals surface area (Å²) >= 11 is 0. The van der Waals surface area contributed by atoms with Crippen molar-refractivity contribution >= 4 is 5.82 Å². The molecule has 0 amide bonds. The molecule has 1 aromatic heterocycles. The van der Waals surface area contributed by atoms with Gasteiger partial charge in [0.25, 0.3) is 0 Å². The van der Waals surface area contributed by atoms with Crippen molar-refractivity contribution < 1.29 is 0 Å². The van der Waals surface area contributed by atoms with Gasteiger partial charge >= 0.3 is 0 Å². The molecule has 3 heteroatoms. The minimum absolute atomic E-state index is 1.06. The van der Waals surface area contributed by atoms with Gasteiger partial charge in [-0.1, -0.05) is 50.1 Å². The Bertz CT molecular complexity index is 601. The van der Waals surface area contributed by atoms with Gasteiger partial charge in [-0.05, 0) is 37.2 Å². The fourth-order valence-electron chi connectivity index (χ4n) is 2.63. The largest absolute Gasteiger partial charge is 0.354 e. The molecular formula is C20H29N3. The van der Waals surface area contributed by atoms with Crippen LogP contribution in [0, 0.1) is 6.92 Å². The van der Waals surface area contributed by atoms with Gasteiger partial charge in [-0.2, -0.15) is 0 Å². The highest BCUT2D eigenvalue weighted by molar-refractivity contribution is 5.67. The molecule has 0 radical (unpaired) electrons. The fourth-order valence-corrected chi connectivity index (χ4v) is 2.63. The third kappa shape index (κ3) is 5.07. The van der Waals surface area contributed by atoms with Crippen LogP contribution in [0.3, 0.4) is 0 Å². The Balaban J connectivity index is 0.000000595. The number of pyridine rings is 1. The number of nitrogens with zero attached hydrogens (tertiary/aromatic N) is 3. The molecule has 124 valence electrons. The highest BCUT2D eigenvalue weighted by Gasteiger charge is 2.15. The number of piperazine rings is 1. The minimum Gasteiger partial charge on any atom is -0.354 e. The molecule has 0 bridgehead atoms. The van der Waals surface area contributed by atoms with Crippen LogP contribution in [0.5, 0.6) is 0 Å². The van der Waals surface area contributed by atoms with Crippen molar-refractivity contribution in [1.82, 2.24) is 9.88 Å². The van der Waals surface area contributed by atoms with E-state index in [1.54, 1.807) is 0 Å². The lowest BCUT2D eigenvalue weighted by atomic mass is 10.0. The van der Waals surface area contributed by atoms with E-state index in [0.717, 1.165) is 32.0 Å². The van der Waals surface area contributed by atoms with Crippen LogP contribution in [0.15, 0.2) is 42.6 Å². The van der Waals surface area contributed by atoms with Gasteiger partial charge < -0.3 is 9.80 Å². The average Bonchev–Trinajstić information content (AvgIpc) is 2.56. The van der Waals surface area contributed by atoms with Gasteiger partial charge in [0.15, 0.2) is 0 Å². The van der Waals surface area contributed by atoms with Crippen LogP contribution in [0.4, 0.5) is 5.82 Å². The molecule has 1 aromatic carbocycles. The van der Waals surface area contributed by atoms with Gasteiger partial charge in [0.2, 0.25) is 0 Å². The van der Waals surface area contributed by atoms with Gasteiger partial charge in [0.1, 0.15) is 5.82 Å². The Morgan fingerprint density at radius 3 is 2.26 bits per heavy atom. The Hall–Kier alpha value is -1.87. The summed E-state index contributed by atoms with van der Waals surface area (Å²) in [6.07, 6.45) is 3.17. The molecule has 0 spiro atoms. The van der Waals surface area contributed by atoms with Crippen molar-refractivity contribution in [2.24, 2.45) is 0 Å². The van der Waals surface area contributed by atoms with E-state index in [1.807, 2.05) is 6.20 Å². The van der Waals surface area contributed by atoms with E-state index in [1.165, 1.54) is 23.1 Å². The number of benzene rings is 1. The second-order valence-electron chi connectivity index (χ2n) is 6.27. The molecule has 1 aliphatic heterocycles. The normalized spacial score (nSPS) is 15.0. The predicted octanol–water partition coefficient (Wildman–Crippen LogP) is 4.23. The molecule has 23 heavy (non-hydrogen) atoms. The summed E-state index contributed by atoms with van der Waals surface area (Å²) in [6, 6.07) is 12.9. The van der Waals surface area contributed by atoms with Crippen molar-refractivity contribution in [3.8, 4) is 11.1 Å². The van der Waals surface area contributed by atoms with Crippen molar-refractivity contribution in [3.05, 3.63) is 48.2 Å². The zero-order valence-electron chi connectivity index (χ0n) is 14.9. The van der Waals surface area contributed by atoms with E-state index >= 15 is 0 Å². The molecule has 3 nitrogen and oxygen atoms in total. The van der Waals surface area contributed by atoms with Gasteiger partial charge in [0, 0.05) is 32.4 Å². The zero-order chi connectivity index (χ0) is 16.7. The summed E-state index contributed by atoms with van der Waals surface area (Å²) in [6.45, 7) is 10.7. The molecular weight excluding hydrogens is 282 g/mol. The van der Waals surface area contributed by atoms with Crippen molar-refractivity contribution in [2.75, 3.05) is 38.1 Å². The number of anilines is 1. The number of aryl methyl sites for hydroxylation is 1. The molecule has 0 atom stereocenters.